The second kappa shape index (κ2) is 6.97. The van der Waals surface area contributed by atoms with Crippen LogP contribution >= 0.6 is 0 Å². The van der Waals surface area contributed by atoms with Crippen LogP contribution in [0.5, 0.6) is 0 Å². The molecule has 0 saturated carbocycles. The standard InChI is InChI=1S/C16H29NO4/c1-16(2,3)21-15(19)17-7-4-13(11-17)14(18)10-12-5-8-20-9-6-12/h12-14,18H,4-11H2,1-3H3. The van der Waals surface area contributed by atoms with Crippen molar-refractivity contribution >= 4 is 6.09 Å². The first-order valence-electron chi connectivity index (χ1n) is 8.09. The Bertz CT molecular complexity index is 347. The molecule has 5 nitrogen and oxygen atoms in total. The zero-order valence-electron chi connectivity index (χ0n) is 13.5. The highest BCUT2D eigenvalue weighted by Gasteiger charge is 2.34. The summed E-state index contributed by atoms with van der Waals surface area (Å²) < 4.78 is 10.7. The zero-order chi connectivity index (χ0) is 15.5. The van der Waals surface area contributed by atoms with Crippen molar-refractivity contribution < 1.29 is 19.4 Å². The molecule has 2 aliphatic heterocycles. The molecule has 2 unspecified atom stereocenters. The van der Waals surface area contributed by atoms with Crippen LogP contribution in [0.3, 0.4) is 0 Å². The predicted octanol–water partition coefficient (Wildman–Crippen LogP) is 2.42. The van der Waals surface area contributed by atoms with Gasteiger partial charge in [0.1, 0.15) is 5.60 Å². The van der Waals surface area contributed by atoms with Gasteiger partial charge < -0.3 is 19.5 Å². The molecule has 5 heteroatoms. The summed E-state index contributed by atoms with van der Waals surface area (Å²) in [5.74, 6) is 0.740. The Balaban J connectivity index is 1.77. The monoisotopic (exact) mass is 299 g/mol. The Labute approximate surface area is 127 Å². The number of rotatable bonds is 3. The summed E-state index contributed by atoms with van der Waals surface area (Å²) in [6.07, 6.45) is 3.20. The van der Waals surface area contributed by atoms with Crippen LogP contribution in [0.1, 0.15) is 46.5 Å². The molecule has 0 aromatic carbocycles. The Morgan fingerprint density at radius 1 is 1.33 bits per heavy atom. The zero-order valence-corrected chi connectivity index (χ0v) is 13.5. The van der Waals surface area contributed by atoms with Crippen LogP contribution in [0.25, 0.3) is 0 Å². The van der Waals surface area contributed by atoms with Gasteiger partial charge in [-0.1, -0.05) is 0 Å². The van der Waals surface area contributed by atoms with Gasteiger partial charge in [-0.2, -0.15) is 0 Å². The second-order valence-electron chi connectivity index (χ2n) is 7.33. The molecule has 0 aromatic rings. The minimum Gasteiger partial charge on any atom is -0.444 e. The molecule has 2 heterocycles. The minimum atomic E-state index is -0.462. The number of carbonyl (C=O) groups excluding carboxylic acids is 1. The lowest BCUT2D eigenvalue weighted by Crippen LogP contribution is -2.36. The number of ether oxygens (including phenoxy) is 2. The van der Waals surface area contributed by atoms with Crippen molar-refractivity contribution in [3.63, 3.8) is 0 Å². The lowest BCUT2D eigenvalue weighted by Gasteiger charge is -2.27. The molecule has 2 atom stereocenters. The fourth-order valence-electron chi connectivity index (χ4n) is 3.11. The summed E-state index contributed by atoms with van der Waals surface area (Å²) in [4.78, 5) is 13.7. The molecular formula is C16H29NO4. The van der Waals surface area contributed by atoms with E-state index < -0.39 is 5.60 Å². The highest BCUT2D eigenvalue weighted by molar-refractivity contribution is 5.68. The van der Waals surface area contributed by atoms with Crippen LogP contribution in [-0.2, 0) is 9.47 Å². The Morgan fingerprint density at radius 2 is 2.00 bits per heavy atom. The molecule has 0 bridgehead atoms. The summed E-state index contributed by atoms with van der Waals surface area (Å²) in [6, 6.07) is 0. The smallest absolute Gasteiger partial charge is 0.410 e. The van der Waals surface area contributed by atoms with Gasteiger partial charge in [0.15, 0.2) is 0 Å². The van der Waals surface area contributed by atoms with E-state index in [2.05, 4.69) is 0 Å². The van der Waals surface area contributed by atoms with Crippen molar-refractivity contribution in [2.75, 3.05) is 26.3 Å². The van der Waals surface area contributed by atoms with Crippen molar-refractivity contribution in [3.05, 3.63) is 0 Å². The summed E-state index contributed by atoms with van der Waals surface area (Å²) in [5, 5.41) is 10.4. The van der Waals surface area contributed by atoms with E-state index in [1.807, 2.05) is 20.8 Å². The van der Waals surface area contributed by atoms with Crippen LogP contribution in [0.15, 0.2) is 0 Å². The number of nitrogens with zero attached hydrogens (tertiary/aromatic N) is 1. The average molecular weight is 299 g/mol. The lowest BCUT2D eigenvalue weighted by atomic mass is 9.88. The second-order valence-corrected chi connectivity index (χ2v) is 7.33. The number of aliphatic hydroxyl groups excluding tert-OH is 1. The molecule has 0 spiro atoms. The van der Waals surface area contributed by atoms with Gasteiger partial charge in [0.25, 0.3) is 0 Å². The molecule has 0 aliphatic carbocycles. The number of aliphatic hydroxyl groups is 1. The van der Waals surface area contributed by atoms with Crippen molar-refractivity contribution in [2.24, 2.45) is 11.8 Å². The molecular weight excluding hydrogens is 270 g/mol. The summed E-state index contributed by atoms with van der Waals surface area (Å²) >= 11 is 0. The Kier molecular flexibility index (Phi) is 5.49. The summed E-state index contributed by atoms with van der Waals surface area (Å²) in [6.45, 7) is 8.54. The Hall–Kier alpha value is -0.810. The van der Waals surface area contributed by atoms with Crippen molar-refractivity contribution in [1.82, 2.24) is 4.90 Å². The van der Waals surface area contributed by atoms with E-state index >= 15 is 0 Å². The molecule has 2 saturated heterocycles. The molecule has 122 valence electrons. The third-order valence-electron chi connectivity index (χ3n) is 4.34. The van der Waals surface area contributed by atoms with Crippen LogP contribution < -0.4 is 0 Å². The Morgan fingerprint density at radius 3 is 2.62 bits per heavy atom. The molecule has 1 amide bonds. The molecule has 2 aliphatic rings. The summed E-state index contributed by atoms with van der Waals surface area (Å²) in [5.41, 5.74) is -0.462. The van der Waals surface area contributed by atoms with Gasteiger partial charge in [-0.05, 0) is 52.4 Å². The van der Waals surface area contributed by atoms with Gasteiger partial charge in [-0.15, -0.1) is 0 Å². The number of carbonyl (C=O) groups is 1. The molecule has 1 N–H and O–H groups in total. The topological polar surface area (TPSA) is 59.0 Å². The maximum Gasteiger partial charge on any atom is 0.410 e. The quantitative estimate of drug-likeness (QED) is 0.869. The SMILES string of the molecule is CC(C)(C)OC(=O)N1CCC(C(O)CC2CCOCC2)C1. The predicted molar refractivity (Wildman–Crippen MR) is 80.1 cm³/mol. The minimum absolute atomic E-state index is 0.181. The molecule has 21 heavy (non-hydrogen) atoms. The third kappa shape index (κ3) is 5.15. The van der Waals surface area contributed by atoms with E-state index in [0.29, 0.717) is 19.0 Å². The first-order valence-corrected chi connectivity index (χ1v) is 8.09. The maximum absolute atomic E-state index is 12.0. The van der Waals surface area contributed by atoms with Gasteiger partial charge in [-0.3, -0.25) is 0 Å². The number of likely N-dealkylation sites (tertiary alicyclic amines) is 1. The normalized spacial score (nSPS) is 25.9. The third-order valence-corrected chi connectivity index (χ3v) is 4.34. The molecule has 0 radical (unpaired) electrons. The largest absolute Gasteiger partial charge is 0.444 e. The highest BCUT2D eigenvalue weighted by Crippen LogP contribution is 2.28. The van der Waals surface area contributed by atoms with E-state index in [9.17, 15) is 9.90 Å². The van der Waals surface area contributed by atoms with Gasteiger partial charge in [-0.25, -0.2) is 4.79 Å². The first-order chi connectivity index (χ1) is 9.85. The lowest BCUT2D eigenvalue weighted by molar-refractivity contribution is 0.0204. The van der Waals surface area contributed by atoms with Crippen LogP contribution in [-0.4, -0.2) is 54.1 Å². The average Bonchev–Trinajstić information content (AvgIpc) is 2.87. The van der Waals surface area contributed by atoms with Crippen molar-refractivity contribution in [3.8, 4) is 0 Å². The number of hydrogen-bond donors (Lipinski definition) is 1. The van der Waals surface area contributed by atoms with Crippen LogP contribution in [0.2, 0.25) is 0 Å². The van der Waals surface area contributed by atoms with Gasteiger partial charge in [0.05, 0.1) is 6.10 Å². The summed E-state index contributed by atoms with van der Waals surface area (Å²) in [7, 11) is 0. The fourth-order valence-corrected chi connectivity index (χ4v) is 3.11. The van der Waals surface area contributed by atoms with E-state index in [-0.39, 0.29) is 18.1 Å². The van der Waals surface area contributed by atoms with E-state index in [1.165, 1.54) is 0 Å². The molecule has 0 aromatic heterocycles. The van der Waals surface area contributed by atoms with Crippen molar-refractivity contribution in [2.45, 2.75) is 58.2 Å². The van der Waals surface area contributed by atoms with Gasteiger partial charge in [0, 0.05) is 32.2 Å². The maximum atomic E-state index is 12.0. The van der Waals surface area contributed by atoms with Crippen LogP contribution in [0, 0.1) is 11.8 Å². The van der Waals surface area contributed by atoms with Crippen LogP contribution in [0.4, 0.5) is 4.79 Å². The number of hydrogen-bond acceptors (Lipinski definition) is 4. The number of amides is 1. The van der Waals surface area contributed by atoms with Gasteiger partial charge >= 0.3 is 6.09 Å². The van der Waals surface area contributed by atoms with E-state index in [4.69, 9.17) is 9.47 Å². The van der Waals surface area contributed by atoms with Crippen molar-refractivity contribution in [1.29, 1.82) is 0 Å². The fraction of sp³-hybridized carbons (Fsp3) is 0.938. The van der Waals surface area contributed by atoms with Gasteiger partial charge in [0.2, 0.25) is 0 Å². The van der Waals surface area contributed by atoms with E-state index in [1.54, 1.807) is 4.90 Å². The highest BCUT2D eigenvalue weighted by atomic mass is 16.6. The van der Waals surface area contributed by atoms with E-state index in [0.717, 1.165) is 38.9 Å². The molecule has 2 fully saturated rings. The molecule has 2 rings (SSSR count). The first kappa shape index (κ1) is 16.6.